The molecule has 0 atom stereocenters. The molecule has 0 aliphatic heterocycles. The minimum atomic E-state index is -0.913. The molecule has 0 bridgehead atoms. The van der Waals surface area contributed by atoms with Crippen LogP contribution in [0.2, 0.25) is 0 Å². The molecule has 3 nitrogen and oxygen atoms in total. The van der Waals surface area contributed by atoms with Crippen molar-refractivity contribution in [3.05, 3.63) is 53.8 Å². The summed E-state index contributed by atoms with van der Waals surface area (Å²) in [7, 11) is 0. The van der Waals surface area contributed by atoms with Crippen molar-refractivity contribution in [1.29, 1.82) is 0 Å². The SMILES string of the molecule is CC(C)=CCn1ccc2cc(C(C)=CC(=O)O)ccc21. The maximum Gasteiger partial charge on any atom is 0.328 e. The molecule has 1 aromatic carbocycles. The van der Waals surface area contributed by atoms with Crippen molar-refractivity contribution in [3.8, 4) is 0 Å². The molecule has 0 spiro atoms. The van der Waals surface area contributed by atoms with Crippen LogP contribution in [-0.4, -0.2) is 15.6 Å². The molecule has 104 valence electrons. The van der Waals surface area contributed by atoms with E-state index in [9.17, 15) is 4.79 Å². The number of carbonyl (C=O) groups is 1. The molecule has 20 heavy (non-hydrogen) atoms. The van der Waals surface area contributed by atoms with Gasteiger partial charge < -0.3 is 9.67 Å². The molecule has 3 heteroatoms. The van der Waals surface area contributed by atoms with Crippen molar-refractivity contribution >= 4 is 22.4 Å². The van der Waals surface area contributed by atoms with Gasteiger partial charge in [0.15, 0.2) is 0 Å². The molecule has 0 aliphatic carbocycles. The molecule has 0 radical (unpaired) electrons. The van der Waals surface area contributed by atoms with Crippen molar-refractivity contribution in [3.63, 3.8) is 0 Å². The third kappa shape index (κ3) is 3.18. The quantitative estimate of drug-likeness (QED) is 0.671. The average molecular weight is 269 g/mol. The molecule has 2 aromatic rings. The standard InChI is InChI=1S/C17H19NO2/c1-12(2)6-8-18-9-7-15-11-14(4-5-16(15)18)13(3)10-17(19)20/h4-7,9-11H,8H2,1-3H3,(H,19,20). The van der Waals surface area contributed by atoms with E-state index in [0.717, 1.165) is 28.6 Å². The van der Waals surface area contributed by atoms with Gasteiger partial charge in [0.25, 0.3) is 0 Å². The van der Waals surface area contributed by atoms with E-state index in [1.54, 1.807) is 0 Å². The largest absolute Gasteiger partial charge is 0.478 e. The summed E-state index contributed by atoms with van der Waals surface area (Å²) in [6.07, 6.45) is 5.48. The van der Waals surface area contributed by atoms with Crippen molar-refractivity contribution in [2.45, 2.75) is 27.3 Å². The van der Waals surface area contributed by atoms with E-state index in [4.69, 9.17) is 5.11 Å². The van der Waals surface area contributed by atoms with E-state index in [2.05, 4.69) is 36.8 Å². The van der Waals surface area contributed by atoms with Crippen LogP contribution in [0.1, 0.15) is 26.3 Å². The van der Waals surface area contributed by atoms with Gasteiger partial charge >= 0.3 is 5.97 Å². The average Bonchev–Trinajstić information content (AvgIpc) is 2.77. The predicted molar refractivity (Wildman–Crippen MR) is 82.7 cm³/mol. The second-order valence-electron chi connectivity index (χ2n) is 5.19. The van der Waals surface area contributed by atoms with Crippen LogP contribution in [0, 0.1) is 0 Å². The Balaban J connectivity index is 2.38. The van der Waals surface area contributed by atoms with E-state index >= 15 is 0 Å². The van der Waals surface area contributed by atoms with Gasteiger partial charge in [-0.1, -0.05) is 17.7 Å². The van der Waals surface area contributed by atoms with E-state index in [1.807, 2.05) is 25.1 Å². The Labute approximate surface area is 118 Å². The third-order valence-electron chi connectivity index (χ3n) is 3.26. The van der Waals surface area contributed by atoms with Crippen molar-refractivity contribution in [2.24, 2.45) is 0 Å². The van der Waals surface area contributed by atoms with Gasteiger partial charge in [0.2, 0.25) is 0 Å². The van der Waals surface area contributed by atoms with E-state index < -0.39 is 5.97 Å². The third-order valence-corrected chi connectivity index (χ3v) is 3.26. The Morgan fingerprint density at radius 2 is 2.00 bits per heavy atom. The van der Waals surface area contributed by atoms with Gasteiger partial charge in [-0.3, -0.25) is 0 Å². The van der Waals surface area contributed by atoms with E-state index in [0.29, 0.717) is 0 Å². The Morgan fingerprint density at radius 3 is 2.65 bits per heavy atom. The monoisotopic (exact) mass is 269 g/mol. The summed E-state index contributed by atoms with van der Waals surface area (Å²) in [5.74, 6) is -0.913. The number of allylic oxidation sites excluding steroid dienone is 3. The summed E-state index contributed by atoms with van der Waals surface area (Å²) in [5.41, 5.74) is 4.16. The first-order valence-corrected chi connectivity index (χ1v) is 6.61. The Morgan fingerprint density at radius 1 is 1.25 bits per heavy atom. The minimum absolute atomic E-state index is 0.761. The second kappa shape index (κ2) is 5.78. The summed E-state index contributed by atoms with van der Waals surface area (Å²) in [4.78, 5) is 10.7. The lowest BCUT2D eigenvalue weighted by Crippen LogP contribution is -1.93. The maximum absolute atomic E-state index is 10.7. The lowest BCUT2D eigenvalue weighted by atomic mass is 10.1. The van der Waals surface area contributed by atoms with Crippen LogP contribution in [0.4, 0.5) is 0 Å². The highest BCUT2D eigenvalue weighted by Gasteiger charge is 2.04. The van der Waals surface area contributed by atoms with Crippen LogP contribution in [0.5, 0.6) is 0 Å². The van der Waals surface area contributed by atoms with E-state index in [-0.39, 0.29) is 0 Å². The first-order chi connectivity index (χ1) is 9.47. The van der Waals surface area contributed by atoms with Crippen molar-refractivity contribution in [1.82, 2.24) is 4.57 Å². The normalized spacial score (nSPS) is 11.7. The number of carboxylic acids is 1. The number of fused-ring (bicyclic) bond motifs is 1. The molecule has 0 aliphatic rings. The van der Waals surface area contributed by atoms with Gasteiger partial charge in [-0.05, 0) is 50.1 Å². The number of hydrogen-bond donors (Lipinski definition) is 1. The fourth-order valence-corrected chi connectivity index (χ4v) is 2.15. The van der Waals surface area contributed by atoms with Gasteiger partial charge in [0.05, 0.1) is 0 Å². The maximum atomic E-state index is 10.7. The minimum Gasteiger partial charge on any atom is -0.478 e. The number of benzene rings is 1. The number of aromatic nitrogens is 1. The Hall–Kier alpha value is -2.29. The second-order valence-corrected chi connectivity index (χ2v) is 5.19. The molecule has 2 rings (SSSR count). The Kier molecular flexibility index (Phi) is 4.08. The summed E-state index contributed by atoms with van der Waals surface area (Å²) >= 11 is 0. The number of hydrogen-bond acceptors (Lipinski definition) is 1. The highest BCUT2D eigenvalue weighted by molar-refractivity contribution is 5.91. The molecule has 0 saturated heterocycles. The summed E-state index contributed by atoms with van der Waals surface area (Å²) in [6, 6.07) is 8.10. The number of carboxylic acid groups (broad SMARTS) is 1. The molecule has 0 fully saturated rings. The van der Waals surface area contributed by atoms with Crippen LogP contribution in [0.15, 0.2) is 48.2 Å². The lowest BCUT2D eigenvalue weighted by Gasteiger charge is -2.05. The number of nitrogens with zero attached hydrogens (tertiary/aromatic N) is 1. The summed E-state index contributed by atoms with van der Waals surface area (Å²) < 4.78 is 2.18. The summed E-state index contributed by atoms with van der Waals surface area (Å²) in [6.45, 7) is 6.85. The highest BCUT2D eigenvalue weighted by Crippen LogP contribution is 2.22. The lowest BCUT2D eigenvalue weighted by molar-refractivity contribution is -0.131. The molecule has 0 unspecified atom stereocenters. The molecule has 1 N–H and O–H groups in total. The zero-order valence-corrected chi connectivity index (χ0v) is 12.1. The van der Waals surface area contributed by atoms with Gasteiger partial charge in [-0.25, -0.2) is 4.79 Å². The van der Waals surface area contributed by atoms with Crippen molar-refractivity contribution in [2.75, 3.05) is 0 Å². The first kappa shape index (κ1) is 14.1. The first-order valence-electron chi connectivity index (χ1n) is 6.61. The zero-order chi connectivity index (χ0) is 14.7. The zero-order valence-electron chi connectivity index (χ0n) is 12.1. The van der Waals surface area contributed by atoms with Crippen LogP contribution in [-0.2, 0) is 11.3 Å². The van der Waals surface area contributed by atoms with Gasteiger partial charge in [0.1, 0.15) is 0 Å². The molecule has 0 amide bonds. The number of aliphatic carboxylic acids is 1. The molecule has 1 heterocycles. The van der Waals surface area contributed by atoms with Crippen LogP contribution >= 0.6 is 0 Å². The van der Waals surface area contributed by atoms with Crippen molar-refractivity contribution < 1.29 is 9.90 Å². The number of rotatable bonds is 4. The smallest absolute Gasteiger partial charge is 0.328 e. The summed E-state index contributed by atoms with van der Waals surface area (Å²) in [5, 5.41) is 9.93. The predicted octanol–water partition coefficient (Wildman–Crippen LogP) is 4.10. The molecule has 1 aromatic heterocycles. The van der Waals surface area contributed by atoms with Gasteiger partial charge in [-0.2, -0.15) is 0 Å². The molecular weight excluding hydrogens is 250 g/mol. The molecular formula is C17H19NO2. The van der Waals surface area contributed by atoms with Crippen LogP contribution < -0.4 is 0 Å². The van der Waals surface area contributed by atoms with Crippen LogP contribution in [0.3, 0.4) is 0 Å². The Bertz CT molecular complexity index is 701. The van der Waals surface area contributed by atoms with Gasteiger partial charge in [0, 0.05) is 29.7 Å². The van der Waals surface area contributed by atoms with E-state index in [1.165, 1.54) is 11.6 Å². The molecule has 0 saturated carbocycles. The highest BCUT2D eigenvalue weighted by atomic mass is 16.4. The van der Waals surface area contributed by atoms with Crippen LogP contribution in [0.25, 0.3) is 16.5 Å². The topological polar surface area (TPSA) is 42.2 Å². The fraction of sp³-hybridized carbons (Fsp3) is 0.235. The fourth-order valence-electron chi connectivity index (χ4n) is 2.15. The van der Waals surface area contributed by atoms with Gasteiger partial charge in [-0.15, -0.1) is 0 Å².